The monoisotopic (exact) mass is 224 g/mol. The van der Waals surface area contributed by atoms with Crippen LogP contribution in [0.25, 0.3) is 0 Å². The number of rotatable bonds is 2. The number of nitrogens with zero attached hydrogens (tertiary/aromatic N) is 1. The Morgan fingerprint density at radius 3 is 2.50 bits per heavy atom. The molecule has 1 saturated heterocycles. The van der Waals surface area contributed by atoms with Gasteiger partial charge < -0.3 is 10.6 Å². The first-order valence-corrected chi connectivity index (χ1v) is 6.61. The van der Waals surface area contributed by atoms with E-state index in [9.17, 15) is 4.79 Å². The normalized spacial score (nSPS) is 29.0. The lowest BCUT2D eigenvalue weighted by Gasteiger charge is -2.29. The van der Waals surface area contributed by atoms with Crippen LogP contribution < -0.4 is 5.73 Å². The van der Waals surface area contributed by atoms with Crippen molar-refractivity contribution in [1.82, 2.24) is 4.90 Å². The average Bonchev–Trinajstić information content (AvgIpc) is 2.85. The zero-order valence-electron chi connectivity index (χ0n) is 10.5. The maximum Gasteiger partial charge on any atom is 0.242 e. The lowest BCUT2D eigenvalue weighted by molar-refractivity contribution is -0.135. The van der Waals surface area contributed by atoms with Crippen LogP contribution in [-0.4, -0.2) is 29.4 Å². The number of likely N-dealkylation sites (tertiary alicyclic amines) is 1. The molecular formula is C13H24N2O. The fourth-order valence-electron chi connectivity index (χ4n) is 3.05. The predicted octanol–water partition coefficient (Wildman–Crippen LogP) is 1.76. The van der Waals surface area contributed by atoms with E-state index in [1.165, 1.54) is 0 Å². The van der Waals surface area contributed by atoms with Gasteiger partial charge in [-0.05, 0) is 31.1 Å². The van der Waals surface area contributed by atoms with E-state index in [0.717, 1.165) is 45.2 Å². The number of nitrogens with two attached hydrogens (primary N) is 1. The molecule has 0 aromatic heterocycles. The van der Waals surface area contributed by atoms with Gasteiger partial charge in [0.2, 0.25) is 5.91 Å². The highest BCUT2D eigenvalue weighted by Gasteiger charge is 2.42. The van der Waals surface area contributed by atoms with Crippen molar-refractivity contribution in [3.63, 3.8) is 0 Å². The SMILES string of the molecule is CC(C)C1CCN(C(=O)C2(N)CCCC2)C1. The molecule has 2 fully saturated rings. The van der Waals surface area contributed by atoms with Crippen molar-refractivity contribution >= 4 is 5.91 Å². The quantitative estimate of drug-likeness (QED) is 0.777. The molecular weight excluding hydrogens is 200 g/mol. The second kappa shape index (κ2) is 4.36. The topological polar surface area (TPSA) is 46.3 Å². The van der Waals surface area contributed by atoms with Gasteiger partial charge in [0.25, 0.3) is 0 Å². The zero-order valence-corrected chi connectivity index (χ0v) is 10.5. The zero-order chi connectivity index (χ0) is 11.8. The molecule has 1 heterocycles. The third-order valence-electron chi connectivity index (χ3n) is 4.38. The molecule has 3 heteroatoms. The van der Waals surface area contributed by atoms with Crippen LogP contribution in [0.5, 0.6) is 0 Å². The highest BCUT2D eigenvalue weighted by Crippen LogP contribution is 2.32. The standard InChI is InChI=1S/C13H24N2O/c1-10(2)11-5-8-15(9-11)12(16)13(14)6-3-4-7-13/h10-11H,3-9,14H2,1-2H3. The average molecular weight is 224 g/mol. The molecule has 16 heavy (non-hydrogen) atoms. The van der Waals surface area contributed by atoms with E-state index >= 15 is 0 Å². The van der Waals surface area contributed by atoms with Crippen LogP contribution in [0, 0.1) is 11.8 Å². The minimum atomic E-state index is -0.522. The Kier molecular flexibility index (Phi) is 3.24. The van der Waals surface area contributed by atoms with Gasteiger partial charge in [-0.15, -0.1) is 0 Å². The van der Waals surface area contributed by atoms with Crippen LogP contribution in [0.2, 0.25) is 0 Å². The fraction of sp³-hybridized carbons (Fsp3) is 0.923. The van der Waals surface area contributed by atoms with Crippen molar-refractivity contribution < 1.29 is 4.79 Å². The Hall–Kier alpha value is -0.570. The molecule has 1 aliphatic heterocycles. The number of carbonyl (C=O) groups excluding carboxylic acids is 1. The summed E-state index contributed by atoms with van der Waals surface area (Å²) in [6.45, 7) is 6.33. The molecule has 2 rings (SSSR count). The summed E-state index contributed by atoms with van der Waals surface area (Å²) in [5.74, 6) is 1.57. The molecule has 1 amide bonds. The molecule has 0 bridgehead atoms. The maximum atomic E-state index is 12.3. The van der Waals surface area contributed by atoms with Gasteiger partial charge in [0.1, 0.15) is 0 Å². The molecule has 1 aliphatic carbocycles. The van der Waals surface area contributed by atoms with Crippen molar-refractivity contribution in [2.75, 3.05) is 13.1 Å². The lowest BCUT2D eigenvalue weighted by Crippen LogP contribution is -2.53. The van der Waals surface area contributed by atoms with E-state index in [-0.39, 0.29) is 5.91 Å². The van der Waals surface area contributed by atoms with E-state index < -0.39 is 5.54 Å². The Balaban J connectivity index is 1.96. The summed E-state index contributed by atoms with van der Waals surface area (Å²) in [7, 11) is 0. The Morgan fingerprint density at radius 1 is 1.38 bits per heavy atom. The molecule has 2 aliphatic rings. The maximum absolute atomic E-state index is 12.3. The molecule has 0 aromatic carbocycles. The number of carbonyl (C=O) groups is 1. The van der Waals surface area contributed by atoms with Gasteiger partial charge in [-0.2, -0.15) is 0 Å². The summed E-state index contributed by atoms with van der Waals surface area (Å²) >= 11 is 0. The van der Waals surface area contributed by atoms with Crippen molar-refractivity contribution in [2.45, 2.75) is 51.5 Å². The van der Waals surface area contributed by atoms with Gasteiger partial charge in [0.05, 0.1) is 5.54 Å². The van der Waals surface area contributed by atoms with E-state index in [4.69, 9.17) is 5.73 Å². The first kappa shape index (κ1) is 11.9. The smallest absolute Gasteiger partial charge is 0.242 e. The van der Waals surface area contributed by atoms with Crippen molar-refractivity contribution in [3.8, 4) is 0 Å². The van der Waals surface area contributed by atoms with Crippen LogP contribution >= 0.6 is 0 Å². The van der Waals surface area contributed by atoms with Crippen LogP contribution in [0.15, 0.2) is 0 Å². The second-order valence-corrected chi connectivity index (χ2v) is 5.91. The number of amides is 1. The predicted molar refractivity (Wildman–Crippen MR) is 64.9 cm³/mol. The molecule has 0 aromatic rings. The summed E-state index contributed by atoms with van der Waals surface area (Å²) in [6.07, 6.45) is 5.15. The Labute approximate surface area is 98.4 Å². The third kappa shape index (κ3) is 2.10. The van der Waals surface area contributed by atoms with Gasteiger partial charge in [0, 0.05) is 13.1 Å². The first-order valence-electron chi connectivity index (χ1n) is 6.61. The molecule has 1 atom stereocenters. The van der Waals surface area contributed by atoms with Crippen molar-refractivity contribution in [1.29, 1.82) is 0 Å². The van der Waals surface area contributed by atoms with E-state index in [1.54, 1.807) is 0 Å². The van der Waals surface area contributed by atoms with Gasteiger partial charge >= 0.3 is 0 Å². The van der Waals surface area contributed by atoms with E-state index in [0.29, 0.717) is 11.8 Å². The Bertz CT molecular complexity index is 269. The van der Waals surface area contributed by atoms with Gasteiger partial charge in [-0.3, -0.25) is 4.79 Å². The van der Waals surface area contributed by atoms with Crippen molar-refractivity contribution in [3.05, 3.63) is 0 Å². The van der Waals surface area contributed by atoms with Crippen LogP contribution in [-0.2, 0) is 4.79 Å². The fourth-order valence-corrected chi connectivity index (χ4v) is 3.05. The third-order valence-corrected chi connectivity index (χ3v) is 4.38. The molecule has 0 radical (unpaired) electrons. The first-order chi connectivity index (χ1) is 7.53. The highest BCUT2D eigenvalue weighted by atomic mass is 16.2. The van der Waals surface area contributed by atoms with Gasteiger partial charge in [-0.25, -0.2) is 0 Å². The minimum Gasteiger partial charge on any atom is -0.341 e. The number of hydrogen-bond donors (Lipinski definition) is 1. The molecule has 2 N–H and O–H groups in total. The largest absolute Gasteiger partial charge is 0.341 e. The summed E-state index contributed by atoms with van der Waals surface area (Å²) < 4.78 is 0. The molecule has 0 spiro atoms. The number of hydrogen-bond acceptors (Lipinski definition) is 2. The summed E-state index contributed by atoms with van der Waals surface area (Å²) in [4.78, 5) is 14.3. The van der Waals surface area contributed by atoms with Crippen LogP contribution in [0.4, 0.5) is 0 Å². The van der Waals surface area contributed by atoms with Crippen LogP contribution in [0.3, 0.4) is 0 Å². The Morgan fingerprint density at radius 2 is 2.00 bits per heavy atom. The molecule has 3 nitrogen and oxygen atoms in total. The van der Waals surface area contributed by atoms with Gasteiger partial charge in [-0.1, -0.05) is 26.7 Å². The second-order valence-electron chi connectivity index (χ2n) is 5.91. The lowest BCUT2D eigenvalue weighted by atomic mass is 9.95. The molecule has 1 unspecified atom stereocenters. The highest BCUT2D eigenvalue weighted by molar-refractivity contribution is 5.86. The van der Waals surface area contributed by atoms with Gasteiger partial charge in [0.15, 0.2) is 0 Å². The summed E-state index contributed by atoms with van der Waals surface area (Å²) in [6, 6.07) is 0. The van der Waals surface area contributed by atoms with Crippen molar-refractivity contribution in [2.24, 2.45) is 17.6 Å². The van der Waals surface area contributed by atoms with E-state index in [1.807, 2.05) is 4.90 Å². The van der Waals surface area contributed by atoms with E-state index in [2.05, 4.69) is 13.8 Å². The summed E-state index contributed by atoms with van der Waals surface area (Å²) in [5.41, 5.74) is 5.69. The van der Waals surface area contributed by atoms with Crippen LogP contribution in [0.1, 0.15) is 46.0 Å². The molecule has 92 valence electrons. The minimum absolute atomic E-state index is 0.216. The summed E-state index contributed by atoms with van der Waals surface area (Å²) in [5, 5.41) is 0. The molecule has 1 saturated carbocycles.